The molecule has 0 atom stereocenters. The molecule has 3 aromatic carbocycles. The number of carbonyl (C=O) groups is 1. The molecule has 0 aromatic heterocycles. The Bertz CT molecular complexity index is 1120. The van der Waals surface area contributed by atoms with Crippen molar-refractivity contribution < 1.29 is 18.7 Å². The minimum atomic E-state index is -0.283. The first kappa shape index (κ1) is 19.7. The van der Waals surface area contributed by atoms with Crippen molar-refractivity contribution in [1.82, 2.24) is 0 Å². The Balaban J connectivity index is 1.53. The maximum atomic E-state index is 13.0. The van der Waals surface area contributed by atoms with Gasteiger partial charge in [0.2, 0.25) is 5.78 Å². The minimum Gasteiger partial charge on any atom is -0.489 e. The first-order valence-electron chi connectivity index (χ1n) is 9.64. The number of ether oxygens (including phenoxy) is 2. The Kier molecular flexibility index (Phi) is 5.27. The highest BCUT2D eigenvalue weighted by Crippen LogP contribution is 2.37. The number of rotatable bonds is 5. The van der Waals surface area contributed by atoms with Gasteiger partial charge in [0, 0.05) is 25.8 Å². The van der Waals surface area contributed by atoms with E-state index in [-0.39, 0.29) is 11.6 Å². The number of allylic oxidation sites excluding steroid dienone is 1. The van der Waals surface area contributed by atoms with Gasteiger partial charge in [-0.3, -0.25) is 4.79 Å². The molecule has 4 rings (SSSR count). The highest BCUT2D eigenvalue weighted by molar-refractivity contribution is 6.15. The fraction of sp³-hybridized carbons (Fsp3) is 0.160. The van der Waals surface area contributed by atoms with Crippen LogP contribution >= 0.6 is 0 Å². The first-order chi connectivity index (χ1) is 14.4. The minimum absolute atomic E-state index is 0.135. The molecule has 4 nitrogen and oxygen atoms in total. The van der Waals surface area contributed by atoms with Crippen LogP contribution in [0.25, 0.3) is 6.08 Å². The van der Waals surface area contributed by atoms with E-state index >= 15 is 0 Å². The molecule has 0 fully saturated rings. The topological polar surface area (TPSA) is 38.8 Å². The summed E-state index contributed by atoms with van der Waals surface area (Å²) in [6, 6.07) is 17.6. The van der Waals surface area contributed by atoms with Gasteiger partial charge in [0.15, 0.2) is 5.76 Å². The van der Waals surface area contributed by atoms with Crippen LogP contribution in [-0.2, 0) is 6.61 Å². The lowest BCUT2D eigenvalue weighted by Gasteiger charge is -2.11. The van der Waals surface area contributed by atoms with E-state index in [1.54, 1.807) is 24.3 Å². The largest absolute Gasteiger partial charge is 0.489 e. The van der Waals surface area contributed by atoms with Crippen molar-refractivity contribution in [2.75, 3.05) is 19.0 Å². The number of hydrogen-bond acceptors (Lipinski definition) is 4. The van der Waals surface area contributed by atoms with E-state index in [1.165, 1.54) is 12.1 Å². The number of fused-ring (bicyclic) bond motifs is 1. The van der Waals surface area contributed by atoms with Crippen molar-refractivity contribution in [1.29, 1.82) is 0 Å². The monoisotopic (exact) mass is 403 g/mol. The van der Waals surface area contributed by atoms with Gasteiger partial charge in [0.05, 0.1) is 5.56 Å². The summed E-state index contributed by atoms with van der Waals surface area (Å²) < 4.78 is 24.7. The van der Waals surface area contributed by atoms with E-state index in [0.717, 1.165) is 22.4 Å². The van der Waals surface area contributed by atoms with Crippen molar-refractivity contribution in [3.05, 3.63) is 94.5 Å². The van der Waals surface area contributed by atoms with Crippen molar-refractivity contribution in [2.45, 2.75) is 13.5 Å². The van der Waals surface area contributed by atoms with Crippen LogP contribution in [0.2, 0.25) is 0 Å². The molecule has 5 heteroatoms. The average Bonchev–Trinajstić information content (AvgIpc) is 3.03. The SMILES string of the molecule is Cc1cc(OCc2ccc(F)cc2)cc2c1C(=O)/C(=C/c1ccc(N(C)C)cc1)O2. The Labute approximate surface area is 175 Å². The van der Waals surface area contributed by atoms with Crippen LogP contribution in [0.4, 0.5) is 10.1 Å². The van der Waals surface area contributed by atoms with Gasteiger partial charge in [-0.05, 0) is 60.0 Å². The maximum Gasteiger partial charge on any atom is 0.232 e. The molecule has 0 saturated carbocycles. The van der Waals surface area contributed by atoms with Gasteiger partial charge in [-0.15, -0.1) is 0 Å². The number of benzene rings is 3. The number of ketones is 1. The molecule has 0 N–H and O–H groups in total. The van der Waals surface area contributed by atoms with E-state index in [9.17, 15) is 9.18 Å². The lowest BCUT2D eigenvalue weighted by atomic mass is 10.0. The van der Waals surface area contributed by atoms with Crippen molar-refractivity contribution in [3.8, 4) is 11.5 Å². The van der Waals surface area contributed by atoms with Crippen LogP contribution in [0.5, 0.6) is 11.5 Å². The second-order valence-electron chi connectivity index (χ2n) is 7.45. The summed E-state index contributed by atoms with van der Waals surface area (Å²) in [5, 5.41) is 0. The lowest BCUT2D eigenvalue weighted by Crippen LogP contribution is -2.08. The second-order valence-corrected chi connectivity index (χ2v) is 7.45. The smallest absolute Gasteiger partial charge is 0.232 e. The number of anilines is 1. The molecule has 152 valence electrons. The highest BCUT2D eigenvalue weighted by Gasteiger charge is 2.30. The fourth-order valence-electron chi connectivity index (χ4n) is 3.33. The molecule has 0 radical (unpaired) electrons. The van der Waals surface area contributed by atoms with Gasteiger partial charge in [0.25, 0.3) is 0 Å². The summed E-state index contributed by atoms with van der Waals surface area (Å²) in [7, 11) is 3.96. The Morgan fingerprint density at radius 1 is 1.03 bits per heavy atom. The van der Waals surface area contributed by atoms with Gasteiger partial charge < -0.3 is 14.4 Å². The Morgan fingerprint density at radius 2 is 1.73 bits per heavy atom. The van der Waals surface area contributed by atoms with E-state index < -0.39 is 0 Å². The molecular formula is C25H22FNO3. The van der Waals surface area contributed by atoms with Crippen LogP contribution in [0.15, 0.2) is 66.4 Å². The van der Waals surface area contributed by atoms with Crippen LogP contribution in [0.3, 0.4) is 0 Å². The third-order valence-electron chi connectivity index (χ3n) is 4.97. The summed E-state index contributed by atoms with van der Waals surface area (Å²) in [5.74, 6) is 0.964. The average molecular weight is 403 g/mol. The second kappa shape index (κ2) is 8.03. The molecule has 1 aliphatic rings. The summed E-state index contributed by atoms with van der Waals surface area (Å²) >= 11 is 0. The standard InChI is InChI=1S/C25H22FNO3/c1-16-12-21(29-15-18-4-8-19(26)9-5-18)14-22-24(16)25(28)23(30-22)13-17-6-10-20(11-7-17)27(2)3/h4-14H,15H2,1-3H3/b23-13-. The zero-order valence-electron chi connectivity index (χ0n) is 17.1. The third kappa shape index (κ3) is 4.06. The van der Waals surface area contributed by atoms with E-state index in [0.29, 0.717) is 29.4 Å². The van der Waals surface area contributed by atoms with Crippen molar-refractivity contribution in [2.24, 2.45) is 0 Å². The molecular weight excluding hydrogens is 381 g/mol. The normalized spacial score (nSPS) is 13.9. The van der Waals surface area contributed by atoms with Gasteiger partial charge in [-0.25, -0.2) is 4.39 Å². The number of halogens is 1. The number of aryl methyl sites for hydroxylation is 1. The van der Waals surface area contributed by atoms with Gasteiger partial charge in [0.1, 0.15) is 23.9 Å². The molecule has 1 aliphatic heterocycles. The predicted molar refractivity (Wildman–Crippen MR) is 116 cm³/mol. The molecule has 0 bridgehead atoms. The van der Waals surface area contributed by atoms with Crippen molar-refractivity contribution >= 4 is 17.5 Å². The number of nitrogens with zero attached hydrogens (tertiary/aromatic N) is 1. The molecule has 0 unspecified atom stereocenters. The molecule has 3 aromatic rings. The summed E-state index contributed by atoms with van der Waals surface area (Å²) in [6.45, 7) is 2.16. The van der Waals surface area contributed by atoms with E-state index in [2.05, 4.69) is 0 Å². The number of Topliss-reactive ketones (excluding diaryl/α,β-unsaturated/α-hetero) is 1. The number of hydrogen-bond donors (Lipinski definition) is 0. The van der Waals surface area contributed by atoms with E-state index in [1.807, 2.05) is 56.3 Å². The van der Waals surface area contributed by atoms with Gasteiger partial charge >= 0.3 is 0 Å². The molecule has 0 spiro atoms. The summed E-state index contributed by atoms with van der Waals surface area (Å²) in [4.78, 5) is 14.9. The van der Waals surface area contributed by atoms with Crippen LogP contribution in [0, 0.1) is 12.7 Å². The molecule has 30 heavy (non-hydrogen) atoms. The Morgan fingerprint density at radius 3 is 2.40 bits per heavy atom. The summed E-state index contributed by atoms with van der Waals surface area (Å²) in [6.07, 6.45) is 1.75. The van der Waals surface area contributed by atoms with Gasteiger partial charge in [-0.1, -0.05) is 24.3 Å². The molecule has 0 aliphatic carbocycles. The van der Waals surface area contributed by atoms with E-state index in [4.69, 9.17) is 9.47 Å². The van der Waals surface area contributed by atoms with Gasteiger partial charge in [-0.2, -0.15) is 0 Å². The zero-order valence-corrected chi connectivity index (χ0v) is 17.1. The zero-order chi connectivity index (χ0) is 21.3. The first-order valence-corrected chi connectivity index (χ1v) is 9.64. The maximum absolute atomic E-state index is 13.0. The van der Waals surface area contributed by atoms with Crippen LogP contribution in [0.1, 0.15) is 27.0 Å². The fourth-order valence-corrected chi connectivity index (χ4v) is 3.33. The lowest BCUT2D eigenvalue weighted by molar-refractivity contribution is 0.101. The summed E-state index contributed by atoms with van der Waals surface area (Å²) in [5.41, 5.74) is 4.17. The molecule has 0 amide bonds. The van der Waals surface area contributed by atoms with Crippen LogP contribution < -0.4 is 14.4 Å². The quantitative estimate of drug-likeness (QED) is 0.535. The number of carbonyl (C=O) groups excluding carboxylic acids is 1. The Hall–Kier alpha value is -3.60. The van der Waals surface area contributed by atoms with Crippen molar-refractivity contribution in [3.63, 3.8) is 0 Å². The van der Waals surface area contributed by atoms with Crippen LogP contribution in [-0.4, -0.2) is 19.9 Å². The molecule has 0 saturated heterocycles. The molecule has 1 heterocycles. The predicted octanol–water partition coefficient (Wildman–Crippen LogP) is 5.40. The third-order valence-corrected chi connectivity index (χ3v) is 4.97. The highest BCUT2D eigenvalue weighted by atomic mass is 19.1.